The highest BCUT2D eigenvalue weighted by Crippen LogP contribution is 2.36. The number of rotatable bonds is 3. The Labute approximate surface area is 151 Å². The second-order valence-electron chi connectivity index (χ2n) is 6.05. The molecule has 0 N–H and O–H groups in total. The molecule has 1 saturated carbocycles. The highest BCUT2D eigenvalue weighted by atomic mass is 79.9. The lowest BCUT2D eigenvalue weighted by Crippen LogP contribution is -2.41. The topological polar surface area (TPSA) is 86.2 Å². The number of hydrogen-bond donors (Lipinski definition) is 0. The largest absolute Gasteiger partial charge is 0.486 e. The van der Waals surface area contributed by atoms with Crippen LogP contribution in [0.3, 0.4) is 0 Å². The van der Waals surface area contributed by atoms with Gasteiger partial charge in [0.05, 0.1) is 6.54 Å². The zero-order chi connectivity index (χ0) is 17.6. The Morgan fingerprint density at radius 1 is 1.20 bits per heavy atom. The number of nitriles is 1. The average Bonchev–Trinajstić information content (AvgIpc) is 3.44. The third-order valence-corrected chi connectivity index (χ3v) is 5.03. The van der Waals surface area contributed by atoms with Gasteiger partial charge in [0.2, 0.25) is 0 Å². The van der Waals surface area contributed by atoms with Gasteiger partial charge in [-0.1, -0.05) is 15.9 Å². The molecule has 0 bridgehead atoms. The van der Waals surface area contributed by atoms with Crippen LogP contribution in [0.1, 0.15) is 30.0 Å². The Morgan fingerprint density at radius 3 is 2.52 bits per heavy atom. The molecule has 25 heavy (non-hydrogen) atoms. The predicted octanol–water partition coefficient (Wildman–Crippen LogP) is 1.80. The van der Waals surface area contributed by atoms with Crippen LogP contribution in [0.4, 0.5) is 0 Å². The van der Waals surface area contributed by atoms with Gasteiger partial charge in [-0.15, -0.1) is 0 Å². The van der Waals surface area contributed by atoms with Crippen LogP contribution in [-0.4, -0.2) is 22.3 Å². The molecule has 0 spiro atoms. The number of ether oxygens (including phenoxy) is 2. The zero-order valence-electron chi connectivity index (χ0n) is 13.2. The Bertz CT molecular complexity index is 1010. The number of aromatic nitrogens is 2. The van der Waals surface area contributed by atoms with Gasteiger partial charge in [0.15, 0.2) is 11.5 Å². The quantitative estimate of drug-likeness (QED) is 0.779. The van der Waals surface area contributed by atoms with Crippen LogP contribution in [0.2, 0.25) is 0 Å². The van der Waals surface area contributed by atoms with Crippen molar-refractivity contribution in [2.75, 3.05) is 13.2 Å². The molecule has 2 aromatic rings. The minimum Gasteiger partial charge on any atom is -0.486 e. The molecule has 0 saturated heterocycles. The molecular weight excluding hydrogens is 390 g/mol. The van der Waals surface area contributed by atoms with Gasteiger partial charge < -0.3 is 9.47 Å². The third-order valence-electron chi connectivity index (χ3n) is 4.30. The van der Waals surface area contributed by atoms with E-state index in [1.165, 1.54) is 10.8 Å². The smallest absolute Gasteiger partial charge is 0.331 e. The first-order valence-corrected chi connectivity index (χ1v) is 8.72. The SMILES string of the molecule is N#Cc1cn(C2CC2)c(=O)n(Cc2cc3c(cc2Br)OCCO3)c1=O. The molecule has 1 aliphatic carbocycles. The molecule has 0 unspecified atom stereocenters. The first-order valence-electron chi connectivity index (χ1n) is 7.92. The first-order chi connectivity index (χ1) is 12.1. The third kappa shape index (κ3) is 2.85. The summed E-state index contributed by atoms with van der Waals surface area (Å²) < 4.78 is 14.4. The second-order valence-corrected chi connectivity index (χ2v) is 6.91. The van der Waals surface area contributed by atoms with Gasteiger partial charge in [0, 0.05) is 16.7 Å². The second kappa shape index (κ2) is 6.08. The minimum absolute atomic E-state index is 0.0276. The van der Waals surface area contributed by atoms with E-state index in [9.17, 15) is 14.9 Å². The van der Waals surface area contributed by atoms with Gasteiger partial charge in [-0.25, -0.2) is 4.79 Å². The van der Waals surface area contributed by atoms with E-state index >= 15 is 0 Å². The summed E-state index contributed by atoms with van der Waals surface area (Å²) in [6.07, 6.45) is 3.14. The lowest BCUT2D eigenvalue weighted by Gasteiger charge is -2.20. The Kier molecular flexibility index (Phi) is 3.88. The van der Waals surface area contributed by atoms with Crippen LogP contribution in [0.15, 0.2) is 32.4 Å². The van der Waals surface area contributed by atoms with Gasteiger partial charge in [0.1, 0.15) is 24.8 Å². The lowest BCUT2D eigenvalue weighted by molar-refractivity contribution is 0.171. The normalized spacial score (nSPS) is 15.7. The fraction of sp³-hybridized carbons (Fsp3) is 0.353. The van der Waals surface area contributed by atoms with Crippen molar-refractivity contribution in [2.24, 2.45) is 0 Å². The molecule has 1 fully saturated rings. The van der Waals surface area contributed by atoms with Crippen molar-refractivity contribution in [3.05, 3.63) is 54.8 Å². The van der Waals surface area contributed by atoms with Crippen LogP contribution in [0.5, 0.6) is 11.5 Å². The highest BCUT2D eigenvalue weighted by Gasteiger charge is 2.27. The van der Waals surface area contributed by atoms with Crippen LogP contribution >= 0.6 is 15.9 Å². The maximum atomic E-state index is 12.7. The van der Waals surface area contributed by atoms with Crippen LogP contribution in [0, 0.1) is 11.3 Å². The molecule has 8 heteroatoms. The van der Waals surface area contributed by atoms with Crippen molar-refractivity contribution in [2.45, 2.75) is 25.4 Å². The molecule has 1 aromatic carbocycles. The van der Waals surface area contributed by atoms with Crippen molar-refractivity contribution in [1.29, 1.82) is 5.26 Å². The molecule has 2 heterocycles. The molecule has 0 amide bonds. The average molecular weight is 404 g/mol. The Hall–Kier alpha value is -2.53. The van der Waals surface area contributed by atoms with Crippen LogP contribution in [0.25, 0.3) is 0 Å². The van der Waals surface area contributed by atoms with Crippen molar-refractivity contribution in [3.8, 4) is 17.6 Å². The number of hydrogen-bond acceptors (Lipinski definition) is 5. The van der Waals surface area contributed by atoms with E-state index in [2.05, 4.69) is 15.9 Å². The van der Waals surface area contributed by atoms with Crippen molar-refractivity contribution in [1.82, 2.24) is 9.13 Å². The fourth-order valence-corrected chi connectivity index (χ4v) is 3.30. The Balaban J connectivity index is 1.81. The lowest BCUT2D eigenvalue weighted by atomic mass is 10.2. The Morgan fingerprint density at radius 2 is 1.88 bits per heavy atom. The molecule has 1 aliphatic heterocycles. The minimum atomic E-state index is -0.578. The number of nitrogens with zero attached hydrogens (tertiary/aromatic N) is 3. The van der Waals surface area contributed by atoms with E-state index in [1.54, 1.807) is 12.1 Å². The van der Waals surface area contributed by atoms with Gasteiger partial charge in [-0.05, 0) is 30.5 Å². The summed E-state index contributed by atoms with van der Waals surface area (Å²) >= 11 is 3.45. The van der Waals surface area contributed by atoms with E-state index in [-0.39, 0.29) is 18.2 Å². The van der Waals surface area contributed by atoms with E-state index in [4.69, 9.17) is 9.47 Å². The number of benzene rings is 1. The number of fused-ring (bicyclic) bond motifs is 1. The summed E-state index contributed by atoms with van der Waals surface area (Å²) in [5.74, 6) is 1.20. The van der Waals surface area contributed by atoms with Crippen molar-refractivity contribution in [3.63, 3.8) is 0 Å². The summed E-state index contributed by atoms with van der Waals surface area (Å²) in [6, 6.07) is 5.49. The molecule has 0 atom stereocenters. The molecule has 1 aromatic heterocycles. The molecule has 4 rings (SSSR count). The van der Waals surface area contributed by atoms with Gasteiger partial charge in [-0.3, -0.25) is 13.9 Å². The summed E-state index contributed by atoms with van der Waals surface area (Å²) in [7, 11) is 0. The van der Waals surface area contributed by atoms with Gasteiger partial charge in [-0.2, -0.15) is 5.26 Å². The molecule has 0 radical (unpaired) electrons. The maximum absolute atomic E-state index is 12.7. The monoisotopic (exact) mass is 403 g/mol. The summed E-state index contributed by atoms with van der Waals surface area (Å²) in [6.45, 7) is 0.984. The number of halogens is 1. The molecular formula is C17H14BrN3O4. The van der Waals surface area contributed by atoms with E-state index < -0.39 is 11.2 Å². The maximum Gasteiger partial charge on any atom is 0.331 e. The van der Waals surface area contributed by atoms with Gasteiger partial charge in [0.25, 0.3) is 5.56 Å². The summed E-state index contributed by atoms with van der Waals surface area (Å²) in [4.78, 5) is 25.2. The van der Waals surface area contributed by atoms with Crippen LogP contribution in [-0.2, 0) is 6.54 Å². The van der Waals surface area contributed by atoms with E-state index in [0.29, 0.717) is 34.7 Å². The summed E-state index contributed by atoms with van der Waals surface area (Å²) in [5, 5.41) is 9.21. The van der Waals surface area contributed by atoms with E-state index in [1.807, 2.05) is 6.07 Å². The molecule has 7 nitrogen and oxygen atoms in total. The predicted molar refractivity (Wildman–Crippen MR) is 92.2 cm³/mol. The highest BCUT2D eigenvalue weighted by molar-refractivity contribution is 9.10. The standard InChI is InChI=1S/C17H14BrN3O4/c18-13-6-15-14(24-3-4-25-15)5-10(13)8-21-16(22)11(7-19)9-20(17(21)23)12-1-2-12/h5-6,9,12H,1-4,8H2. The summed E-state index contributed by atoms with van der Waals surface area (Å²) in [5.41, 5.74) is -0.291. The molecule has 128 valence electrons. The van der Waals surface area contributed by atoms with E-state index in [0.717, 1.165) is 17.4 Å². The first kappa shape index (κ1) is 16.0. The van der Waals surface area contributed by atoms with Gasteiger partial charge >= 0.3 is 5.69 Å². The van der Waals surface area contributed by atoms with Crippen molar-refractivity contribution >= 4 is 15.9 Å². The van der Waals surface area contributed by atoms with Crippen LogP contribution < -0.4 is 20.7 Å². The molecule has 2 aliphatic rings. The fourth-order valence-electron chi connectivity index (χ4n) is 2.85. The zero-order valence-corrected chi connectivity index (χ0v) is 14.8. The van der Waals surface area contributed by atoms with Crippen molar-refractivity contribution < 1.29 is 9.47 Å².